The highest BCUT2D eigenvalue weighted by Gasteiger charge is 2.40. The number of nitrogens with zero attached hydrogens (tertiary/aromatic N) is 1. The molecular weight excluding hydrogens is 535 g/mol. The minimum absolute atomic E-state index is 0.0689. The van der Waals surface area contributed by atoms with E-state index < -0.39 is 23.7 Å². The SMILES string of the molecule is NC1NNC2CC(c3[nH]c([C@H](Cc4ccccc4)NC(=O)NCc4c(F)ccc(Cl)c4F)nc3Cl)CCC12. The predicted octanol–water partition coefficient (Wildman–Crippen LogP) is 4.42. The number of nitrogens with one attached hydrogen (secondary N) is 5. The molecule has 1 aliphatic heterocycles. The molecule has 2 heterocycles. The highest BCUT2D eigenvalue weighted by molar-refractivity contribution is 6.30. The number of hydrazine groups is 1. The fraction of sp³-hybridized carbons (Fsp3) is 0.385. The fourth-order valence-electron chi connectivity index (χ4n) is 5.36. The molecule has 2 amide bonds. The number of hydrogen-bond donors (Lipinski definition) is 6. The number of hydrogen-bond acceptors (Lipinski definition) is 5. The summed E-state index contributed by atoms with van der Waals surface area (Å²) in [7, 11) is 0. The molecule has 1 aromatic heterocycles. The van der Waals surface area contributed by atoms with Crippen LogP contribution >= 0.6 is 23.2 Å². The first-order valence-electron chi connectivity index (χ1n) is 12.5. The second kappa shape index (κ2) is 11.5. The van der Waals surface area contributed by atoms with Crippen molar-refractivity contribution in [3.05, 3.63) is 86.9 Å². The van der Waals surface area contributed by atoms with E-state index >= 15 is 0 Å². The Hall–Kier alpha value is -2.76. The molecule has 5 atom stereocenters. The molecule has 0 bridgehead atoms. The number of halogens is 4. The average Bonchev–Trinajstić information content (AvgIpc) is 3.48. The van der Waals surface area contributed by atoms with Crippen LogP contribution in [0.25, 0.3) is 0 Å². The van der Waals surface area contributed by atoms with E-state index in [-0.39, 0.29) is 35.3 Å². The van der Waals surface area contributed by atoms with Crippen molar-refractivity contribution in [3.63, 3.8) is 0 Å². The maximum atomic E-state index is 14.3. The van der Waals surface area contributed by atoms with E-state index in [1.807, 2.05) is 30.3 Å². The van der Waals surface area contributed by atoms with Gasteiger partial charge < -0.3 is 21.4 Å². The first-order valence-corrected chi connectivity index (χ1v) is 13.3. The molecule has 8 nitrogen and oxygen atoms in total. The molecule has 2 aromatic carbocycles. The summed E-state index contributed by atoms with van der Waals surface area (Å²) >= 11 is 12.4. The number of fused-ring (bicyclic) bond motifs is 1. The number of urea groups is 1. The molecule has 2 fully saturated rings. The molecular formula is C26H29Cl2F2N7O. The molecule has 12 heteroatoms. The van der Waals surface area contributed by atoms with Crippen LogP contribution in [0.4, 0.5) is 13.6 Å². The predicted molar refractivity (Wildman–Crippen MR) is 141 cm³/mol. The fourth-order valence-corrected chi connectivity index (χ4v) is 5.83. The highest BCUT2D eigenvalue weighted by Crippen LogP contribution is 2.40. The van der Waals surface area contributed by atoms with Gasteiger partial charge in [-0.15, -0.1) is 0 Å². The third kappa shape index (κ3) is 5.79. The zero-order valence-electron chi connectivity index (χ0n) is 20.4. The van der Waals surface area contributed by atoms with Gasteiger partial charge in [0.15, 0.2) is 5.15 Å². The summed E-state index contributed by atoms with van der Waals surface area (Å²) in [6, 6.07) is 10.8. The largest absolute Gasteiger partial charge is 0.343 e. The number of aromatic nitrogens is 2. The van der Waals surface area contributed by atoms with E-state index in [0.717, 1.165) is 42.7 Å². The Bertz CT molecular complexity index is 1290. The van der Waals surface area contributed by atoms with Gasteiger partial charge in [-0.05, 0) is 43.4 Å². The van der Waals surface area contributed by atoms with Crippen molar-refractivity contribution in [1.29, 1.82) is 0 Å². The van der Waals surface area contributed by atoms with Crippen LogP contribution in [0.15, 0.2) is 42.5 Å². The number of carbonyl (C=O) groups excluding carboxylic acids is 1. The average molecular weight is 564 g/mol. The number of aromatic amines is 1. The van der Waals surface area contributed by atoms with Crippen molar-refractivity contribution in [2.45, 2.75) is 56.4 Å². The molecule has 0 spiro atoms. The lowest BCUT2D eigenvalue weighted by Crippen LogP contribution is -2.39. The monoisotopic (exact) mass is 563 g/mol. The number of benzene rings is 2. The van der Waals surface area contributed by atoms with Gasteiger partial charge in [-0.1, -0.05) is 53.5 Å². The van der Waals surface area contributed by atoms with Gasteiger partial charge in [0.25, 0.3) is 0 Å². The minimum atomic E-state index is -0.905. The molecule has 1 aliphatic carbocycles. The summed E-state index contributed by atoms with van der Waals surface area (Å²) < 4.78 is 28.4. The molecule has 7 N–H and O–H groups in total. The molecule has 4 unspecified atom stereocenters. The van der Waals surface area contributed by atoms with Gasteiger partial charge in [-0.2, -0.15) is 0 Å². The number of carbonyl (C=O) groups is 1. The number of rotatable bonds is 7. The third-order valence-corrected chi connectivity index (χ3v) is 7.97. The van der Waals surface area contributed by atoms with Crippen LogP contribution in [0.1, 0.15) is 53.9 Å². The summed E-state index contributed by atoms with van der Waals surface area (Å²) in [4.78, 5) is 20.8. The number of nitrogens with two attached hydrogens (primary N) is 1. The summed E-state index contributed by atoms with van der Waals surface area (Å²) in [6.45, 7) is -0.375. The summed E-state index contributed by atoms with van der Waals surface area (Å²) in [6.07, 6.45) is 3.06. The third-order valence-electron chi connectivity index (χ3n) is 7.39. The highest BCUT2D eigenvalue weighted by atomic mass is 35.5. The smallest absolute Gasteiger partial charge is 0.315 e. The Morgan fingerprint density at radius 3 is 2.71 bits per heavy atom. The Kier molecular flexibility index (Phi) is 8.15. The summed E-state index contributed by atoms with van der Waals surface area (Å²) in [5.41, 5.74) is 14.0. The summed E-state index contributed by atoms with van der Waals surface area (Å²) in [5, 5.41) is 5.53. The molecule has 38 heavy (non-hydrogen) atoms. The van der Waals surface area contributed by atoms with E-state index in [9.17, 15) is 13.6 Å². The lowest BCUT2D eigenvalue weighted by atomic mass is 9.77. The first kappa shape index (κ1) is 26.8. The van der Waals surface area contributed by atoms with E-state index in [1.54, 1.807) is 0 Å². The van der Waals surface area contributed by atoms with Crippen molar-refractivity contribution < 1.29 is 13.6 Å². The van der Waals surface area contributed by atoms with E-state index in [0.29, 0.717) is 23.3 Å². The Labute approximate surface area is 229 Å². The molecule has 0 radical (unpaired) electrons. The zero-order valence-corrected chi connectivity index (χ0v) is 21.9. The number of amides is 2. The van der Waals surface area contributed by atoms with Gasteiger partial charge in [-0.25, -0.2) is 24.0 Å². The van der Waals surface area contributed by atoms with Gasteiger partial charge >= 0.3 is 6.03 Å². The van der Waals surface area contributed by atoms with Crippen molar-refractivity contribution in [3.8, 4) is 0 Å². The summed E-state index contributed by atoms with van der Waals surface area (Å²) in [5.74, 6) is -0.682. The van der Waals surface area contributed by atoms with E-state index in [4.69, 9.17) is 28.9 Å². The standard InChI is InChI=1S/C26H29Cl2F2N7O/c27-17-8-9-18(29)16(21(17)30)12-32-26(38)33-20(10-13-4-2-1-3-5-13)25-34-22(23(28)35-25)14-6-7-15-19(11-14)36-37-24(15)31/h1-5,8-9,14-15,19-20,24,36-37H,6-7,10-12,31H2,(H,34,35)(H2,32,33,38)/t14?,15?,19?,20-,24?/m0/s1. The second-order valence-electron chi connectivity index (χ2n) is 9.81. The quantitative estimate of drug-likeness (QED) is 0.238. The van der Waals surface area contributed by atoms with E-state index in [2.05, 4.69) is 31.5 Å². The van der Waals surface area contributed by atoms with Crippen LogP contribution in [-0.4, -0.2) is 28.2 Å². The van der Waals surface area contributed by atoms with Crippen LogP contribution in [0.5, 0.6) is 0 Å². The molecule has 1 saturated carbocycles. The minimum Gasteiger partial charge on any atom is -0.343 e. The Morgan fingerprint density at radius 1 is 1.13 bits per heavy atom. The zero-order chi connectivity index (χ0) is 26.8. The molecule has 1 saturated heterocycles. The van der Waals surface area contributed by atoms with Crippen molar-refractivity contribution in [2.24, 2.45) is 11.7 Å². The van der Waals surface area contributed by atoms with Crippen LogP contribution in [0, 0.1) is 17.6 Å². The van der Waals surface area contributed by atoms with Gasteiger partial charge in [0.1, 0.15) is 17.5 Å². The normalized spacial score (nSPS) is 23.6. The topological polar surface area (TPSA) is 120 Å². The van der Waals surface area contributed by atoms with Gasteiger partial charge in [0.05, 0.1) is 29.5 Å². The molecule has 202 valence electrons. The van der Waals surface area contributed by atoms with Crippen LogP contribution in [0.2, 0.25) is 10.2 Å². The number of H-pyrrole nitrogens is 1. The maximum absolute atomic E-state index is 14.3. The van der Waals surface area contributed by atoms with Crippen molar-refractivity contribution >= 4 is 29.2 Å². The van der Waals surface area contributed by atoms with Crippen LogP contribution in [0.3, 0.4) is 0 Å². The number of imidazole rings is 1. The lowest BCUT2D eigenvalue weighted by Gasteiger charge is -2.31. The second-order valence-corrected chi connectivity index (χ2v) is 10.6. The Morgan fingerprint density at radius 2 is 1.92 bits per heavy atom. The maximum Gasteiger partial charge on any atom is 0.315 e. The molecule has 2 aliphatic rings. The van der Waals surface area contributed by atoms with Crippen molar-refractivity contribution in [1.82, 2.24) is 31.5 Å². The molecule has 5 rings (SSSR count). The van der Waals surface area contributed by atoms with Gasteiger partial charge in [0.2, 0.25) is 0 Å². The van der Waals surface area contributed by atoms with Gasteiger partial charge in [-0.3, -0.25) is 5.43 Å². The van der Waals surface area contributed by atoms with Crippen LogP contribution < -0.4 is 27.2 Å². The molecule has 3 aromatic rings. The van der Waals surface area contributed by atoms with E-state index in [1.165, 1.54) is 0 Å². The first-order chi connectivity index (χ1) is 18.3. The Balaban J connectivity index is 1.32. The van der Waals surface area contributed by atoms with Crippen LogP contribution in [-0.2, 0) is 13.0 Å². The van der Waals surface area contributed by atoms with Gasteiger partial charge in [0, 0.05) is 23.4 Å². The van der Waals surface area contributed by atoms with Crippen molar-refractivity contribution in [2.75, 3.05) is 0 Å². The lowest BCUT2D eigenvalue weighted by molar-refractivity contribution is 0.235.